The van der Waals surface area contributed by atoms with Gasteiger partial charge in [-0.2, -0.15) is 0 Å². The number of ether oxygens (including phenoxy) is 1. The Balaban J connectivity index is 1.84. The van der Waals surface area contributed by atoms with Crippen molar-refractivity contribution in [2.45, 2.75) is 46.2 Å². The fraction of sp³-hybridized carbons (Fsp3) is 0.391. The van der Waals surface area contributed by atoms with Crippen LogP contribution in [0.1, 0.15) is 43.0 Å². The summed E-state index contributed by atoms with van der Waals surface area (Å²) in [5.74, 6) is 0.870. The molecule has 0 aliphatic rings. The van der Waals surface area contributed by atoms with E-state index in [9.17, 15) is 4.79 Å². The van der Waals surface area contributed by atoms with Gasteiger partial charge in [0.15, 0.2) is 0 Å². The third kappa shape index (κ3) is 4.25. The van der Waals surface area contributed by atoms with Crippen LogP contribution in [0.3, 0.4) is 0 Å². The summed E-state index contributed by atoms with van der Waals surface area (Å²) in [6.07, 6.45) is 3.53. The van der Waals surface area contributed by atoms with Crippen LogP contribution in [0.5, 0.6) is 5.75 Å². The van der Waals surface area contributed by atoms with Gasteiger partial charge in [-0.05, 0) is 48.7 Å². The van der Waals surface area contributed by atoms with E-state index in [-0.39, 0.29) is 11.0 Å². The first kappa shape index (κ1) is 20.1. The number of nitrogens with zero attached hydrogens (tertiary/aromatic N) is 3. The van der Waals surface area contributed by atoms with Gasteiger partial charge in [-0.3, -0.25) is 14.1 Å². The number of pyridine rings is 1. The SMILES string of the molecule is COc1cc(C)ccc1CN(C)Cc1cnc2cc(C(C)(C)C)ccn2c1=O. The number of hydrogen-bond acceptors (Lipinski definition) is 4. The third-order valence-corrected chi connectivity index (χ3v) is 4.97. The average molecular weight is 380 g/mol. The number of aromatic nitrogens is 2. The first-order valence-corrected chi connectivity index (χ1v) is 9.52. The predicted molar refractivity (Wildman–Crippen MR) is 113 cm³/mol. The van der Waals surface area contributed by atoms with Crippen LogP contribution in [0.4, 0.5) is 0 Å². The van der Waals surface area contributed by atoms with Crippen molar-refractivity contribution in [1.29, 1.82) is 0 Å². The van der Waals surface area contributed by atoms with Gasteiger partial charge in [0.05, 0.1) is 12.7 Å². The van der Waals surface area contributed by atoms with E-state index in [1.54, 1.807) is 17.7 Å². The zero-order valence-corrected chi connectivity index (χ0v) is 17.6. The lowest BCUT2D eigenvalue weighted by molar-refractivity contribution is 0.308. The average Bonchev–Trinajstić information content (AvgIpc) is 2.64. The van der Waals surface area contributed by atoms with Gasteiger partial charge in [0.1, 0.15) is 11.4 Å². The highest BCUT2D eigenvalue weighted by atomic mass is 16.5. The Morgan fingerprint density at radius 1 is 1.11 bits per heavy atom. The second kappa shape index (κ2) is 7.76. The van der Waals surface area contributed by atoms with Crippen LogP contribution in [0, 0.1) is 6.92 Å². The molecule has 0 saturated heterocycles. The predicted octanol–water partition coefficient (Wildman–Crippen LogP) is 3.94. The molecule has 2 aromatic heterocycles. The van der Waals surface area contributed by atoms with E-state index < -0.39 is 0 Å². The number of rotatable bonds is 5. The van der Waals surface area contributed by atoms with E-state index in [0.29, 0.717) is 24.3 Å². The molecule has 5 heteroatoms. The second-order valence-corrected chi connectivity index (χ2v) is 8.47. The minimum atomic E-state index is -0.0202. The highest BCUT2D eigenvalue weighted by molar-refractivity contribution is 5.43. The number of methoxy groups -OCH3 is 1. The first-order chi connectivity index (χ1) is 13.2. The van der Waals surface area contributed by atoms with Crippen molar-refractivity contribution in [3.8, 4) is 5.75 Å². The van der Waals surface area contributed by atoms with Crippen molar-refractivity contribution < 1.29 is 4.74 Å². The van der Waals surface area contributed by atoms with Gasteiger partial charge in [0.2, 0.25) is 0 Å². The van der Waals surface area contributed by atoms with Gasteiger partial charge < -0.3 is 4.74 Å². The molecule has 0 aliphatic heterocycles. The fourth-order valence-electron chi connectivity index (χ4n) is 3.31. The van der Waals surface area contributed by atoms with Gasteiger partial charge in [0, 0.05) is 31.0 Å². The van der Waals surface area contributed by atoms with Crippen LogP contribution in [-0.4, -0.2) is 28.4 Å². The summed E-state index contributed by atoms with van der Waals surface area (Å²) in [5, 5.41) is 0. The summed E-state index contributed by atoms with van der Waals surface area (Å²) in [6, 6.07) is 10.2. The quantitative estimate of drug-likeness (QED) is 0.674. The molecule has 0 atom stereocenters. The maximum absolute atomic E-state index is 12.9. The molecule has 0 spiro atoms. The Morgan fingerprint density at radius 3 is 2.50 bits per heavy atom. The van der Waals surface area contributed by atoms with E-state index in [1.165, 1.54) is 0 Å². The zero-order chi connectivity index (χ0) is 20.5. The van der Waals surface area contributed by atoms with Crippen molar-refractivity contribution in [3.05, 3.63) is 75.3 Å². The fourth-order valence-corrected chi connectivity index (χ4v) is 3.31. The number of hydrogen-bond donors (Lipinski definition) is 0. The Labute approximate surface area is 166 Å². The topological polar surface area (TPSA) is 46.8 Å². The van der Waals surface area contributed by atoms with E-state index in [4.69, 9.17) is 4.74 Å². The highest BCUT2D eigenvalue weighted by Crippen LogP contribution is 2.23. The minimum absolute atomic E-state index is 0.0193. The Morgan fingerprint density at radius 2 is 1.82 bits per heavy atom. The first-order valence-electron chi connectivity index (χ1n) is 9.52. The van der Waals surface area contributed by atoms with Crippen LogP contribution >= 0.6 is 0 Å². The molecular weight excluding hydrogens is 350 g/mol. The monoisotopic (exact) mass is 379 g/mol. The molecule has 0 N–H and O–H groups in total. The molecular formula is C23H29N3O2. The standard InChI is InChI=1S/C23H29N3O2/c1-16-7-8-17(20(11-16)28-6)14-25(5)15-18-13-24-21-12-19(23(2,3)4)9-10-26(21)22(18)27/h7-13H,14-15H2,1-6H3. The Kier molecular flexibility index (Phi) is 5.57. The van der Waals surface area contributed by atoms with Gasteiger partial charge >= 0.3 is 0 Å². The maximum Gasteiger partial charge on any atom is 0.262 e. The summed E-state index contributed by atoms with van der Waals surface area (Å²) in [4.78, 5) is 19.5. The van der Waals surface area contributed by atoms with Crippen LogP contribution in [0.15, 0.2) is 47.5 Å². The van der Waals surface area contributed by atoms with Crippen LogP contribution in [0.25, 0.3) is 5.65 Å². The summed E-state index contributed by atoms with van der Waals surface area (Å²) in [5.41, 5.74) is 4.78. The van der Waals surface area contributed by atoms with Gasteiger partial charge in [-0.1, -0.05) is 32.9 Å². The van der Waals surface area contributed by atoms with Crippen molar-refractivity contribution in [1.82, 2.24) is 14.3 Å². The van der Waals surface area contributed by atoms with E-state index in [1.807, 2.05) is 38.4 Å². The van der Waals surface area contributed by atoms with E-state index in [0.717, 1.165) is 22.4 Å². The molecule has 0 fully saturated rings. The van der Waals surface area contributed by atoms with Gasteiger partial charge in [-0.15, -0.1) is 0 Å². The summed E-state index contributed by atoms with van der Waals surface area (Å²) < 4.78 is 7.12. The Hall–Kier alpha value is -2.66. The van der Waals surface area contributed by atoms with E-state index >= 15 is 0 Å². The lowest BCUT2D eigenvalue weighted by Crippen LogP contribution is -2.26. The third-order valence-electron chi connectivity index (χ3n) is 4.97. The number of fused-ring (bicyclic) bond motifs is 1. The van der Waals surface area contributed by atoms with Crippen LogP contribution in [-0.2, 0) is 18.5 Å². The molecule has 0 amide bonds. The molecule has 0 unspecified atom stereocenters. The van der Waals surface area contributed by atoms with E-state index in [2.05, 4.69) is 42.8 Å². The largest absolute Gasteiger partial charge is 0.496 e. The molecule has 0 aliphatic carbocycles. The van der Waals surface area contributed by atoms with Gasteiger partial charge in [0.25, 0.3) is 5.56 Å². The van der Waals surface area contributed by atoms with Gasteiger partial charge in [-0.25, -0.2) is 4.98 Å². The molecule has 3 rings (SSSR count). The maximum atomic E-state index is 12.9. The number of benzene rings is 1. The smallest absolute Gasteiger partial charge is 0.262 e. The van der Waals surface area contributed by atoms with Crippen LogP contribution < -0.4 is 10.3 Å². The molecule has 1 aromatic carbocycles. The lowest BCUT2D eigenvalue weighted by Gasteiger charge is -2.20. The van der Waals surface area contributed by atoms with Crippen molar-refractivity contribution in [2.24, 2.45) is 0 Å². The highest BCUT2D eigenvalue weighted by Gasteiger charge is 2.16. The molecule has 28 heavy (non-hydrogen) atoms. The second-order valence-electron chi connectivity index (χ2n) is 8.47. The molecule has 0 bridgehead atoms. The molecule has 5 nitrogen and oxygen atoms in total. The Bertz CT molecular complexity index is 1050. The molecule has 3 aromatic rings. The lowest BCUT2D eigenvalue weighted by atomic mass is 9.88. The summed E-state index contributed by atoms with van der Waals surface area (Å²) in [7, 11) is 3.68. The van der Waals surface area contributed by atoms with Crippen LogP contribution in [0.2, 0.25) is 0 Å². The van der Waals surface area contributed by atoms with Crippen molar-refractivity contribution >= 4 is 5.65 Å². The molecule has 2 heterocycles. The van der Waals surface area contributed by atoms with Crippen molar-refractivity contribution in [2.75, 3.05) is 14.2 Å². The molecule has 148 valence electrons. The summed E-state index contributed by atoms with van der Waals surface area (Å²) in [6.45, 7) is 9.71. The number of aryl methyl sites for hydroxylation is 1. The normalized spacial score (nSPS) is 12.0. The van der Waals surface area contributed by atoms with Crippen molar-refractivity contribution in [3.63, 3.8) is 0 Å². The molecule has 0 radical (unpaired) electrons. The minimum Gasteiger partial charge on any atom is -0.496 e. The molecule has 0 saturated carbocycles. The zero-order valence-electron chi connectivity index (χ0n) is 17.6. The summed E-state index contributed by atoms with van der Waals surface area (Å²) >= 11 is 0.